The molecule has 3 aromatic rings. The van der Waals surface area contributed by atoms with E-state index >= 15 is 0 Å². The van der Waals surface area contributed by atoms with Crippen molar-refractivity contribution in [3.8, 4) is 22.9 Å². The van der Waals surface area contributed by atoms with Gasteiger partial charge in [0.25, 0.3) is 0 Å². The topological polar surface area (TPSA) is 58.1 Å². The van der Waals surface area contributed by atoms with E-state index in [1.807, 2.05) is 24.3 Å². The lowest BCUT2D eigenvalue weighted by atomic mass is 10.2. The lowest BCUT2D eigenvalue weighted by molar-refractivity contribution is 0.416. The Hall–Kier alpha value is -2.49. The van der Waals surface area contributed by atoms with Crippen LogP contribution in [-0.4, -0.2) is 22.2 Å². The first-order valence-corrected chi connectivity index (χ1v) is 5.60. The summed E-state index contributed by atoms with van der Waals surface area (Å²) in [5.74, 6) is 1.71. The smallest absolute Gasteiger partial charge is 0.142 e. The molecule has 0 atom stereocenters. The zero-order valence-electron chi connectivity index (χ0n) is 9.84. The summed E-state index contributed by atoms with van der Waals surface area (Å²) in [4.78, 5) is 7.66. The first kappa shape index (κ1) is 10.7. The lowest BCUT2D eigenvalue weighted by Crippen LogP contribution is -1.88. The van der Waals surface area contributed by atoms with E-state index < -0.39 is 0 Å². The fraction of sp³-hybridized carbons (Fsp3) is 0.0714. The number of aromatic hydroxyl groups is 1. The quantitative estimate of drug-likeness (QED) is 0.724. The van der Waals surface area contributed by atoms with Gasteiger partial charge in [-0.15, -0.1) is 0 Å². The van der Waals surface area contributed by atoms with Crippen molar-refractivity contribution >= 4 is 11.0 Å². The molecule has 0 radical (unpaired) electrons. The summed E-state index contributed by atoms with van der Waals surface area (Å²) in [7, 11) is 1.63. The fourth-order valence-electron chi connectivity index (χ4n) is 1.97. The van der Waals surface area contributed by atoms with E-state index in [0.717, 1.165) is 28.2 Å². The number of methoxy groups -OCH3 is 1. The second kappa shape index (κ2) is 4.07. The van der Waals surface area contributed by atoms with Crippen LogP contribution < -0.4 is 4.74 Å². The first-order valence-electron chi connectivity index (χ1n) is 5.60. The van der Waals surface area contributed by atoms with Gasteiger partial charge in [-0.25, -0.2) is 4.98 Å². The van der Waals surface area contributed by atoms with Gasteiger partial charge in [0.2, 0.25) is 0 Å². The molecule has 4 nitrogen and oxygen atoms in total. The fourth-order valence-corrected chi connectivity index (χ4v) is 1.97. The summed E-state index contributed by atoms with van der Waals surface area (Å²) in [5, 5.41) is 9.44. The van der Waals surface area contributed by atoms with Gasteiger partial charge in [-0.05, 0) is 24.3 Å². The largest absolute Gasteiger partial charge is 0.508 e. The normalized spacial score (nSPS) is 10.7. The van der Waals surface area contributed by atoms with Crippen molar-refractivity contribution in [3.63, 3.8) is 0 Å². The monoisotopic (exact) mass is 240 g/mol. The van der Waals surface area contributed by atoms with Gasteiger partial charge in [-0.2, -0.15) is 0 Å². The molecular formula is C14H12N2O2. The Labute approximate surface area is 104 Å². The average molecular weight is 240 g/mol. The van der Waals surface area contributed by atoms with E-state index in [1.165, 1.54) is 0 Å². The molecule has 18 heavy (non-hydrogen) atoms. The van der Waals surface area contributed by atoms with Gasteiger partial charge >= 0.3 is 0 Å². The van der Waals surface area contributed by atoms with E-state index in [4.69, 9.17) is 4.74 Å². The minimum absolute atomic E-state index is 0.220. The first-order chi connectivity index (χ1) is 8.78. The Morgan fingerprint density at radius 1 is 1.17 bits per heavy atom. The number of aromatic nitrogens is 2. The van der Waals surface area contributed by atoms with Crippen LogP contribution in [0.2, 0.25) is 0 Å². The molecule has 0 aliphatic heterocycles. The van der Waals surface area contributed by atoms with Crippen molar-refractivity contribution in [2.45, 2.75) is 0 Å². The molecule has 1 heterocycles. The van der Waals surface area contributed by atoms with Crippen LogP contribution >= 0.6 is 0 Å². The number of phenols is 1. The van der Waals surface area contributed by atoms with Crippen molar-refractivity contribution in [1.29, 1.82) is 0 Å². The molecule has 0 amide bonds. The molecule has 0 spiro atoms. The van der Waals surface area contributed by atoms with E-state index in [9.17, 15) is 5.11 Å². The highest BCUT2D eigenvalue weighted by Gasteiger charge is 2.09. The van der Waals surface area contributed by atoms with Gasteiger partial charge in [0.05, 0.1) is 23.7 Å². The van der Waals surface area contributed by atoms with E-state index in [2.05, 4.69) is 9.97 Å². The number of fused-ring (bicyclic) bond motifs is 1. The number of imidazole rings is 1. The van der Waals surface area contributed by atoms with Crippen molar-refractivity contribution in [1.82, 2.24) is 9.97 Å². The number of benzene rings is 2. The number of H-pyrrole nitrogens is 1. The van der Waals surface area contributed by atoms with Crippen molar-refractivity contribution < 1.29 is 9.84 Å². The van der Waals surface area contributed by atoms with Gasteiger partial charge in [-0.3, -0.25) is 0 Å². The van der Waals surface area contributed by atoms with Crippen molar-refractivity contribution in [3.05, 3.63) is 42.5 Å². The predicted octanol–water partition coefficient (Wildman–Crippen LogP) is 2.94. The van der Waals surface area contributed by atoms with E-state index in [0.29, 0.717) is 0 Å². The molecule has 4 heteroatoms. The van der Waals surface area contributed by atoms with Gasteiger partial charge < -0.3 is 14.8 Å². The number of nitrogens with one attached hydrogen (secondary N) is 1. The van der Waals surface area contributed by atoms with Gasteiger partial charge in [-0.1, -0.05) is 12.1 Å². The van der Waals surface area contributed by atoms with E-state index in [1.54, 1.807) is 25.3 Å². The molecule has 0 aliphatic rings. The van der Waals surface area contributed by atoms with Crippen LogP contribution in [0.4, 0.5) is 0 Å². The predicted molar refractivity (Wildman–Crippen MR) is 69.7 cm³/mol. The summed E-state index contributed by atoms with van der Waals surface area (Å²) in [5.41, 5.74) is 2.51. The molecule has 0 saturated heterocycles. The van der Waals surface area contributed by atoms with E-state index in [-0.39, 0.29) is 5.75 Å². The van der Waals surface area contributed by atoms with Crippen molar-refractivity contribution in [2.24, 2.45) is 0 Å². The summed E-state index contributed by atoms with van der Waals surface area (Å²) >= 11 is 0. The number of para-hydroxylation sites is 1. The van der Waals surface area contributed by atoms with Crippen LogP contribution in [0.1, 0.15) is 0 Å². The second-order valence-electron chi connectivity index (χ2n) is 3.99. The van der Waals surface area contributed by atoms with Gasteiger partial charge in [0.1, 0.15) is 17.3 Å². The summed E-state index contributed by atoms with van der Waals surface area (Å²) in [6.07, 6.45) is 0. The Morgan fingerprint density at radius 2 is 2.00 bits per heavy atom. The minimum Gasteiger partial charge on any atom is -0.508 e. The Kier molecular flexibility index (Phi) is 2.41. The number of nitrogens with zero attached hydrogens (tertiary/aromatic N) is 1. The minimum atomic E-state index is 0.220. The molecule has 3 rings (SSSR count). The van der Waals surface area contributed by atoms with Crippen molar-refractivity contribution in [2.75, 3.05) is 7.11 Å². The third kappa shape index (κ3) is 1.68. The molecule has 1 aromatic heterocycles. The molecule has 0 fully saturated rings. The van der Waals surface area contributed by atoms with Crippen LogP contribution in [0, 0.1) is 0 Å². The number of ether oxygens (including phenoxy) is 1. The van der Waals surface area contributed by atoms with Crippen LogP contribution in [0.5, 0.6) is 11.5 Å². The van der Waals surface area contributed by atoms with Gasteiger partial charge in [0.15, 0.2) is 0 Å². The molecule has 0 saturated carbocycles. The zero-order valence-corrected chi connectivity index (χ0v) is 9.84. The zero-order chi connectivity index (χ0) is 12.5. The van der Waals surface area contributed by atoms with Crippen LogP contribution in [-0.2, 0) is 0 Å². The second-order valence-corrected chi connectivity index (χ2v) is 3.99. The molecule has 90 valence electrons. The maximum Gasteiger partial charge on any atom is 0.142 e. The van der Waals surface area contributed by atoms with Gasteiger partial charge in [0, 0.05) is 6.07 Å². The summed E-state index contributed by atoms with van der Waals surface area (Å²) in [6, 6.07) is 12.7. The maximum atomic E-state index is 9.44. The number of aromatic amines is 1. The summed E-state index contributed by atoms with van der Waals surface area (Å²) < 4.78 is 5.31. The third-order valence-electron chi connectivity index (χ3n) is 2.83. The highest BCUT2D eigenvalue weighted by atomic mass is 16.5. The van der Waals surface area contributed by atoms with Crippen LogP contribution in [0.25, 0.3) is 22.4 Å². The maximum absolute atomic E-state index is 9.44. The molecular weight excluding hydrogens is 228 g/mol. The molecule has 0 unspecified atom stereocenters. The Balaban J connectivity index is 2.19. The Bertz CT molecular complexity index is 704. The standard InChI is InChI=1S/C14H12N2O2/c1-18-13-5-3-2-4-10(13)14-15-11-7-6-9(17)8-12(11)16-14/h2-8,17H,1H3,(H,15,16). The molecule has 2 aromatic carbocycles. The highest BCUT2D eigenvalue weighted by molar-refractivity contribution is 5.81. The molecule has 2 N–H and O–H groups in total. The number of phenolic OH excluding ortho intramolecular Hbond substituents is 1. The Morgan fingerprint density at radius 3 is 2.83 bits per heavy atom. The SMILES string of the molecule is COc1ccccc1-c1nc2ccc(O)cc2[nH]1. The van der Waals surface area contributed by atoms with Crippen LogP contribution in [0.3, 0.4) is 0 Å². The third-order valence-corrected chi connectivity index (χ3v) is 2.83. The highest BCUT2D eigenvalue weighted by Crippen LogP contribution is 2.29. The number of hydrogen-bond donors (Lipinski definition) is 2. The number of hydrogen-bond acceptors (Lipinski definition) is 3. The van der Waals surface area contributed by atoms with Crippen LogP contribution in [0.15, 0.2) is 42.5 Å². The average Bonchev–Trinajstić information content (AvgIpc) is 2.81. The lowest BCUT2D eigenvalue weighted by Gasteiger charge is -2.04. The molecule has 0 bridgehead atoms. The number of rotatable bonds is 2. The molecule has 0 aliphatic carbocycles. The summed E-state index contributed by atoms with van der Waals surface area (Å²) in [6.45, 7) is 0.